The van der Waals surface area contributed by atoms with Gasteiger partial charge < -0.3 is 24.5 Å². The predicted molar refractivity (Wildman–Crippen MR) is 63.2 cm³/mol. The van der Waals surface area contributed by atoms with Crippen molar-refractivity contribution >= 4 is 6.01 Å². The Morgan fingerprint density at radius 2 is 2.00 bits per heavy atom. The highest BCUT2D eigenvalue weighted by Gasteiger charge is 2.27. The summed E-state index contributed by atoms with van der Waals surface area (Å²) in [5, 5.41) is 13.1. The third-order valence-electron chi connectivity index (χ3n) is 2.01. The van der Waals surface area contributed by atoms with E-state index in [9.17, 15) is 13.2 Å². The van der Waals surface area contributed by atoms with Gasteiger partial charge >= 0.3 is 12.2 Å². The third kappa shape index (κ3) is 7.92. The van der Waals surface area contributed by atoms with Crippen molar-refractivity contribution in [3.05, 3.63) is 5.89 Å². The number of hydrogen-bond acceptors (Lipinski definition) is 7. The van der Waals surface area contributed by atoms with Crippen LogP contribution in [0.15, 0.2) is 4.42 Å². The van der Waals surface area contributed by atoms with E-state index in [0.29, 0.717) is 25.6 Å². The van der Waals surface area contributed by atoms with Gasteiger partial charge in [0.25, 0.3) is 0 Å². The van der Waals surface area contributed by atoms with Crippen LogP contribution in [0.1, 0.15) is 5.89 Å². The lowest BCUT2D eigenvalue weighted by molar-refractivity contribution is -0.172. The van der Waals surface area contributed by atoms with Crippen molar-refractivity contribution in [2.45, 2.75) is 12.7 Å². The van der Waals surface area contributed by atoms with E-state index in [4.69, 9.17) is 9.15 Å². The van der Waals surface area contributed by atoms with Crippen LogP contribution in [0.4, 0.5) is 19.2 Å². The van der Waals surface area contributed by atoms with Crippen LogP contribution in [0, 0.1) is 0 Å². The van der Waals surface area contributed by atoms with E-state index in [0.717, 1.165) is 0 Å². The molecule has 0 saturated heterocycles. The molecule has 0 aliphatic heterocycles. The third-order valence-corrected chi connectivity index (χ3v) is 2.01. The number of nitrogens with one attached hydrogen (secondary N) is 2. The molecule has 0 aliphatic rings. The van der Waals surface area contributed by atoms with Crippen LogP contribution < -0.4 is 10.6 Å². The van der Waals surface area contributed by atoms with Crippen molar-refractivity contribution in [3.63, 3.8) is 0 Å². The molecule has 1 aromatic rings. The van der Waals surface area contributed by atoms with Gasteiger partial charge in [0, 0.05) is 20.2 Å². The zero-order valence-corrected chi connectivity index (χ0v) is 11.0. The summed E-state index contributed by atoms with van der Waals surface area (Å²) in [6, 6.07) is 0.143. The topological polar surface area (TPSA) is 81.4 Å². The number of nitrogens with zero attached hydrogens (tertiary/aromatic N) is 2. The van der Waals surface area contributed by atoms with Crippen molar-refractivity contribution in [1.29, 1.82) is 0 Å². The van der Waals surface area contributed by atoms with Gasteiger partial charge in [0.05, 0.1) is 19.8 Å². The van der Waals surface area contributed by atoms with Gasteiger partial charge in [-0.25, -0.2) is 0 Å². The minimum Gasteiger partial charge on any atom is -0.407 e. The summed E-state index contributed by atoms with van der Waals surface area (Å²) in [7, 11) is 1.59. The largest absolute Gasteiger partial charge is 0.411 e. The first-order chi connectivity index (χ1) is 9.51. The van der Waals surface area contributed by atoms with E-state index < -0.39 is 12.8 Å². The van der Waals surface area contributed by atoms with Crippen LogP contribution in [0.3, 0.4) is 0 Å². The maximum atomic E-state index is 11.8. The SMILES string of the molecule is COCCNCc1nnc(NCCOCC(F)(F)F)o1. The summed E-state index contributed by atoms with van der Waals surface area (Å²) in [5.41, 5.74) is 0. The highest BCUT2D eigenvalue weighted by Crippen LogP contribution is 2.14. The zero-order chi connectivity index (χ0) is 14.8. The Morgan fingerprint density at radius 1 is 1.20 bits per heavy atom. The molecule has 2 N–H and O–H groups in total. The lowest BCUT2D eigenvalue weighted by Crippen LogP contribution is -2.20. The summed E-state index contributed by atoms with van der Waals surface area (Å²) in [5.74, 6) is 0.375. The molecule has 0 radical (unpaired) electrons. The van der Waals surface area contributed by atoms with Crippen LogP contribution in [0.5, 0.6) is 0 Å². The molecule has 10 heteroatoms. The van der Waals surface area contributed by atoms with Gasteiger partial charge in [-0.1, -0.05) is 5.10 Å². The molecular formula is C10H17F3N4O3. The fraction of sp³-hybridized carbons (Fsp3) is 0.800. The normalized spacial score (nSPS) is 11.8. The van der Waals surface area contributed by atoms with Gasteiger partial charge in [0.2, 0.25) is 5.89 Å². The van der Waals surface area contributed by atoms with E-state index in [2.05, 4.69) is 25.6 Å². The molecule has 20 heavy (non-hydrogen) atoms. The Hall–Kier alpha value is -1.39. The molecule has 7 nitrogen and oxygen atoms in total. The highest BCUT2D eigenvalue weighted by molar-refractivity contribution is 5.16. The smallest absolute Gasteiger partial charge is 0.407 e. The molecule has 0 bridgehead atoms. The molecule has 116 valence electrons. The van der Waals surface area contributed by atoms with Gasteiger partial charge in [-0.2, -0.15) is 13.2 Å². The standard InChI is InChI=1S/C10H17F3N4O3/c1-18-4-2-14-6-8-16-17-9(20-8)15-3-5-19-7-10(11,12)13/h14H,2-7H2,1H3,(H,15,17). The second-order valence-electron chi connectivity index (χ2n) is 3.77. The Balaban J connectivity index is 2.11. The molecule has 1 rings (SSSR count). The van der Waals surface area contributed by atoms with Crippen LogP contribution in [0.25, 0.3) is 0 Å². The average Bonchev–Trinajstić information content (AvgIpc) is 2.81. The molecule has 0 amide bonds. The Bertz CT molecular complexity index is 373. The fourth-order valence-electron chi connectivity index (χ4n) is 1.18. The van der Waals surface area contributed by atoms with Crippen molar-refractivity contribution in [3.8, 4) is 0 Å². The fourth-order valence-corrected chi connectivity index (χ4v) is 1.18. The molecular weight excluding hydrogens is 281 g/mol. The van der Waals surface area contributed by atoms with Crippen molar-refractivity contribution in [2.75, 3.05) is 45.3 Å². The molecule has 0 aliphatic carbocycles. The highest BCUT2D eigenvalue weighted by atomic mass is 19.4. The maximum Gasteiger partial charge on any atom is 0.411 e. The van der Waals surface area contributed by atoms with Crippen LogP contribution >= 0.6 is 0 Å². The summed E-state index contributed by atoms with van der Waals surface area (Å²) in [4.78, 5) is 0. The van der Waals surface area contributed by atoms with Crippen molar-refractivity contribution in [2.24, 2.45) is 0 Å². The molecule has 0 saturated carbocycles. The number of ether oxygens (including phenoxy) is 2. The summed E-state index contributed by atoms with van der Waals surface area (Å²) < 4.78 is 49.8. The minimum atomic E-state index is -4.31. The lowest BCUT2D eigenvalue weighted by atomic mass is 10.6. The van der Waals surface area contributed by atoms with Crippen molar-refractivity contribution in [1.82, 2.24) is 15.5 Å². The first kappa shape index (κ1) is 16.7. The maximum absolute atomic E-state index is 11.8. The van der Waals surface area contributed by atoms with Crippen LogP contribution in [-0.4, -0.2) is 56.4 Å². The van der Waals surface area contributed by atoms with E-state index >= 15 is 0 Å². The van der Waals surface area contributed by atoms with Gasteiger partial charge in [-0.05, 0) is 0 Å². The predicted octanol–water partition coefficient (Wildman–Crippen LogP) is 0.796. The van der Waals surface area contributed by atoms with E-state index in [1.807, 2.05) is 0 Å². The van der Waals surface area contributed by atoms with Gasteiger partial charge in [-0.15, -0.1) is 5.10 Å². The van der Waals surface area contributed by atoms with E-state index in [1.54, 1.807) is 7.11 Å². The molecule has 1 heterocycles. The van der Waals surface area contributed by atoms with E-state index in [-0.39, 0.29) is 19.2 Å². The van der Waals surface area contributed by atoms with Crippen molar-refractivity contribution < 1.29 is 27.1 Å². The molecule has 0 aromatic carbocycles. The first-order valence-corrected chi connectivity index (χ1v) is 5.91. The van der Waals surface area contributed by atoms with Gasteiger partial charge in [-0.3, -0.25) is 0 Å². The van der Waals surface area contributed by atoms with Crippen LogP contribution in [-0.2, 0) is 16.0 Å². The minimum absolute atomic E-state index is 0.108. The van der Waals surface area contributed by atoms with Gasteiger partial charge in [0.15, 0.2) is 0 Å². The number of aromatic nitrogens is 2. The number of halogens is 3. The molecule has 0 fully saturated rings. The van der Waals surface area contributed by atoms with Gasteiger partial charge in [0.1, 0.15) is 6.61 Å². The summed E-state index contributed by atoms with van der Waals surface area (Å²) in [6.07, 6.45) is -4.31. The summed E-state index contributed by atoms with van der Waals surface area (Å²) in [6.45, 7) is 0.372. The summed E-state index contributed by atoms with van der Waals surface area (Å²) >= 11 is 0. The Morgan fingerprint density at radius 3 is 2.70 bits per heavy atom. The number of anilines is 1. The molecule has 1 aromatic heterocycles. The number of alkyl halides is 3. The lowest BCUT2D eigenvalue weighted by Gasteiger charge is -2.07. The second kappa shape index (κ2) is 8.72. The number of rotatable bonds is 10. The average molecular weight is 298 g/mol. The molecule has 0 spiro atoms. The zero-order valence-electron chi connectivity index (χ0n) is 11.0. The first-order valence-electron chi connectivity index (χ1n) is 5.91. The monoisotopic (exact) mass is 298 g/mol. The number of hydrogen-bond donors (Lipinski definition) is 2. The Labute approximate surface area is 113 Å². The van der Waals surface area contributed by atoms with E-state index in [1.165, 1.54) is 0 Å². The number of methoxy groups -OCH3 is 1. The quantitative estimate of drug-likeness (QED) is 0.618. The Kier molecular flexibility index (Phi) is 7.26. The molecule has 0 atom stereocenters. The molecule has 0 unspecified atom stereocenters. The second-order valence-corrected chi connectivity index (χ2v) is 3.77. The van der Waals surface area contributed by atoms with Crippen LogP contribution in [0.2, 0.25) is 0 Å².